The van der Waals surface area contributed by atoms with Gasteiger partial charge < -0.3 is 9.94 Å². The van der Waals surface area contributed by atoms with Crippen LogP contribution in [0.1, 0.15) is 10.4 Å². The number of rotatable bonds is 1. The molecule has 0 unspecified atom stereocenters. The quantitative estimate of drug-likeness (QED) is 0.312. The number of nitrogens with zero attached hydrogens (tertiary/aromatic N) is 1. The molecule has 0 amide bonds. The summed E-state index contributed by atoms with van der Waals surface area (Å²) in [6, 6.07) is 1.27. The first-order chi connectivity index (χ1) is 6.06. The van der Waals surface area contributed by atoms with Crippen molar-refractivity contribution < 1.29 is 14.3 Å². The molecular weight excluding hydrogens is 217 g/mol. The molecule has 0 aromatic carbocycles. The summed E-state index contributed by atoms with van der Waals surface area (Å²) in [6.07, 6.45) is 1.00. The first-order valence-electron chi connectivity index (χ1n) is 3.22. The van der Waals surface area contributed by atoms with Crippen molar-refractivity contribution in [3.8, 4) is 0 Å². The van der Waals surface area contributed by atoms with E-state index >= 15 is 0 Å². The number of pyridine rings is 1. The highest BCUT2D eigenvalue weighted by Gasteiger charge is 2.15. The molecule has 0 aliphatic heterocycles. The van der Waals surface area contributed by atoms with Gasteiger partial charge in [0.05, 0.1) is 7.11 Å². The van der Waals surface area contributed by atoms with E-state index in [0.717, 1.165) is 6.20 Å². The van der Waals surface area contributed by atoms with Gasteiger partial charge in [-0.25, -0.2) is 4.79 Å². The Morgan fingerprint density at radius 3 is 2.69 bits per heavy atom. The molecule has 0 spiro atoms. The lowest BCUT2D eigenvalue weighted by molar-refractivity contribution is -0.603. The molecule has 0 bridgehead atoms. The largest absolute Gasteiger partial charge is 0.618 e. The molecule has 1 aromatic rings. The molecule has 1 aromatic heterocycles. The second-order valence-corrected chi connectivity index (χ2v) is 2.95. The fourth-order valence-electron chi connectivity index (χ4n) is 0.751. The van der Waals surface area contributed by atoms with E-state index < -0.39 is 5.97 Å². The molecule has 1 rings (SSSR count). The molecule has 13 heavy (non-hydrogen) atoms. The van der Waals surface area contributed by atoms with Gasteiger partial charge in [-0.15, -0.1) is 0 Å². The summed E-state index contributed by atoms with van der Waals surface area (Å²) < 4.78 is 4.69. The van der Waals surface area contributed by atoms with Gasteiger partial charge in [0.15, 0.2) is 6.20 Å². The lowest BCUT2D eigenvalue weighted by Gasteiger charge is -2.02. The van der Waals surface area contributed by atoms with E-state index in [-0.39, 0.29) is 15.7 Å². The van der Waals surface area contributed by atoms with Crippen LogP contribution in [0.15, 0.2) is 12.3 Å². The minimum absolute atomic E-state index is 0.0135. The van der Waals surface area contributed by atoms with Crippen LogP contribution in [0.2, 0.25) is 10.2 Å². The van der Waals surface area contributed by atoms with Crippen LogP contribution in [0.5, 0.6) is 0 Å². The molecule has 6 heteroatoms. The molecule has 1 heterocycles. The summed E-state index contributed by atoms with van der Waals surface area (Å²) in [4.78, 5) is 11.0. The predicted molar refractivity (Wildman–Crippen MR) is 46.8 cm³/mol. The van der Waals surface area contributed by atoms with E-state index in [4.69, 9.17) is 23.2 Å². The van der Waals surface area contributed by atoms with Crippen molar-refractivity contribution in [2.45, 2.75) is 0 Å². The minimum atomic E-state index is -0.636. The molecule has 70 valence electrons. The van der Waals surface area contributed by atoms with Gasteiger partial charge in [0, 0.05) is 0 Å². The van der Waals surface area contributed by atoms with E-state index in [1.165, 1.54) is 13.2 Å². The number of carbonyl (C=O) groups is 1. The Kier molecular flexibility index (Phi) is 2.95. The standard InChI is InChI=1S/C7H5Cl2NO3/c1-13-7(11)4-2-5(8)6(9)10(12)3-4/h2-3H,1H3. The lowest BCUT2D eigenvalue weighted by Crippen LogP contribution is -2.29. The van der Waals surface area contributed by atoms with Gasteiger partial charge in [0.1, 0.15) is 10.6 Å². The SMILES string of the molecule is COC(=O)c1cc(Cl)c(Cl)[n+]([O-])c1. The molecule has 0 aliphatic carbocycles. The summed E-state index contributed by atoms with van der Waals surface area (Å²) in [5.74, 6) is -0.636. The molecule has 0 atom stereocenters. The highest BCUT2D eigenvalue weighted by atomic mass is 35.5. The highest BCUT2D eigenvalue weighted by molar-refractivity contribution is 6.40. The molecule has 0 fully saturated rings. The number of esters is 1. The van der Waals surface area contributed by atoms with Gasteiger partial charge in [-0.1, -0.05) is 11.6 Å². The molecular formula is C7H5Cl2NO3. The lowest BCUT2D eigenvalue weighted by atomic mass is 10.3. The molecule has 0 radical (unpaired) electrons. The zero-order valence-electron chi connectivity index (χ0n) is 6.58. The Morgan fingerprint density at radius 2 is 2.23 bits per heavy atom. The number of methoxy groups -OCH3 is 1. The maximum Gasteiger partial charge on any atom is 0.344 e. The van der Waals surface area contributed by atoms with Gasteiger partial charge in [0.2, 0.25) is 0 Å². The van der Waals surface area contributed by atoms with Crippen molar-refractivity contribution in [1.29, 1.82) is 0 Å². The van der Waals surface area contributed by atoms with E-state index in [0.29, 0.717) is 4.73 Å². The third-order valence-corrected chi connectivity index (χ3v) is 2.11. The molecule has 4 nitrogen and oxygen atoms in total. The van der Waals surface area contributed by atoms with Crippen molar-refractivity contribution in [2.75, 3.05) is 7.11 Å². The Labute approximate surface area is 84.2 Å². The van der Waals surface area contributed by atoms with E-state index in [2.05, 4.69) is 4.74 Å². The average Bonchev–Trinajstić information content (AvgIpc) is 2.12. The molecule has 0 aliphatic rings. The van der Waals surface area contributed by atoms with Crippen LogP contribution in [0.4, 0.5) is 0 Å². The number of hydrogen-bond acceptors (Lipinski definition) is 3. The van der Waals surface area contributed by atoms with Crippen LogP contribution < -0.4 is 4.73 Å². The number of ether oxygens (including phenoxy) is 1. The second kappa shape index (κ2) is 3.81. The highest BCUT2D eigenvalue weighted by Crippen LogP contribution is 2.18. The van der Waals surface area contributed by atoms with Crippen LogP contribution >= 0.6 is 23.2 Å². The Balaban J connectivity index is 3.20. The summed E-state index contributed by atoms with van der Waals surface area (Å²) in [5.41, 5.74) is 0.0619. The monoisotopic (exact) mass is 221 g/mol. The van der Waals surface area contributed by atoms with Gasteiger partial charge in [-0.05, 0) is 17.7 Å². The van der Waals surface area contributed by atoms with Crippen molar-refractivity contribution in [3.63, 3.8) is 0 Å². The normalized spacial score (nSPS) is 9.77. The number of aromatic nitrogens is 1. The minimum Gasteiger partial charge on any atom is -0.618 e. The van der Waals surface area contributed by atoms with Crippen molar-refractivity contribution in [1.82, 2.24) is 0 Å². The smallest absolute Gasteiger partial charge is 0.344 e. The first-order valence-corrected chi connectivity index (χ1v) is 3.98. The van der Waals surface area contributed by atoms with Gasteiger partial charge in [-0.3, -0.25) is 0 Å². The third kappa shape index (κ3) is 2.02. The fraction of sp³-hybridized carbons (Fsp3) is 0.143. The number of hydrogen-bond donors (Lipinski definition) is 0. The summed E-state index contributed by atoms with van der Waals surface area (Å²) in [5, 5.41) is 10.8. The molecule has 0 saturated carbocycles. The summed E-state index contributed by atoms with van der Waals surface area (Å²) in [6.45, 7) is 0. The van der Waals surface area contributed by atoms with E-state index in [9.17, 15) is 10.0 Å². The van der Waals surface area contributed by atoms with Crippen LogP contribution in [0.3, 0.4) is 0 Å². The van der Waals surface area contributed by atoms with Crippen molar-refractivity contribution >= 4 is 29.2 Å². The summed E-state index contributed by atoms with van der Waals surface area (Å²) in [7, 11) is 1.21. The maximum atomic E-state index is 11.0. The second-order valence-electron chi connectivity index (χ2n) is 2.18. The van der Waals surface area contributed by atoms with Crippen LogP contribution in [0, 0.1) is 5.21 Å². The third-order valence-electron chi connectivity index (χ3n) is 1.35. The summed E-state index contributed by atoms with van der Waals surface area (Å²) >= 11 is 11.0. The maximum absolute atomic E-state index is 11.0. The number of carbonyl (C=O) groups excluding carboxylic acids is 1. The zero-order chi connectivity index (χ0) is 10.0. The topological polar surface area (TPSA) is 53.2 Å². The van der Waals surface area contributed by atoms with E-state index in [1.807, 2.05) is 0 Å². The van der Waals surface area contributed by atoms with Gasteiger partial charge in [0.25, 0.3) is 0 Å². The first kappa shape index (κ1) is 10.1. The Morgan fingerprint density at radius 1 is 1.62 bits per heavy atom. The van der Waals surface area contributed by atoms with E-state index in [1.54, 1.807) is 0 Å². The van der Waals surface area contributed by atoms with Gasteiger partial charge in [-0.2, -0.15) is 4.73 Å². The van der Waals surface area contributed by atoms with Crippen LogP contribution in [-0.4, -0.2) is 13.1 Å². The van der Waals surface area contributed by atoms with Crippen LogP contribution in [0.25, 0.3) is 0 Å². The van der Waals surface area contributed by atoms with Gasteiger partial charge >= 0.3 is 11.1 Å². The van der Waals surface area contributed by atoms with Crippen molar-refractivity contribution in [2.24, 2.45) is 0 Å². The number of halogens is 2. The molecule has 0 N–H and O–H groups in total. The predicted octanol–water partition coefficient (Wildman–Crippen LogP) is 1.41. The Bertz CT molecular complexity index is 331. The average molecular weight is 222 g/mol. The zero-order valence-corrected chi connectivity index (χ0v) is 8.09. The Hall–Kier alpha value is -1.00. The van der Waals surface area contributed by atoms with Crippen LogP contribution in [-0.2, 0) is 4.74 Å². The molecule has 0 saturated heterocycles. The fourth-order valence-corrected chi connectivity index (χ4v) is 1.06. The van der Waals surface area contributed by atoms with Crippen molar-refractivity contribution in [3.05, 3.63) is 33.2 Å².